The van der Waals surface area contributed by atoms with Crippen molar-refractivity contribution in [2.45, 2.75) is 19.9 Å². The summed E-state index contributed by atoms with van der Waals surface area (Å²) < 4.78 is 16.6. The lowest BCUT2D eigenvalue weighted by atomic mass is 10.0. The zero-order valence-corrected chi connectivity index (χ0v) is 14.0. The van der Waals surface area contributed by atoms with E-state index in [4.69, 9.17) is 0 Å². The van der Waals surface area contributed by atoms with Crippen molar-refractivity contribution in [1.29, 1.82) is 0 Å². The molecule has 0 saturated heterocycles. The topological polar surface area (TPSA) is 21.1 Å². The SMILES string of the molecule is Cc1ccc2c(c1)c1c(n2C=C(F)c2cscn2)CCN(C)C1. The van der Waals surface area contributed by atoms with E-state index in [-0.39, 0.29) is 5.83 Å². The van der Waals surface area contributed by atoms with Crippen molar-refractivity contribution in [1.82, 2.24) is 14.5 Å². The van der Waals surface area contributed by atoms with Crippen molar-refractivity contribution in [3.63, 3.8) is 0 Å². The number of nitrogens with zero attached hydrogens (tertiary/aromatic N) is 3. The fraction of sp³-hybridized carbons (Fsp3) is 0.278. The van der Waals surface area contributed by atoms with Gasteiger partial charge in [0.05, 0.1) is 11.0 Å². The molecule has 3 heterocycles. The molecule has 0 saturated carbocycles. The van der Waals surface area contributed by atoms with Gasteiger partial charge in [0.15, 0.2) is 5.83 Å². The minimum atomic E-state index is -0.287. The first-order valence-corrected chi connectivity index (χ1v) is 8.64. The molecule has 5 heteroatoms. The van der Waals surface area contributed by atoms with Gasteiger partial charge in [0, 0.05) is 42.2 Å². The lowest BCUT2D eigenvalue weighted by Gasteiger charge is -2.23. The maximum atomic E-state index is 14.6. The second-order valence-corrected chi connectivity index (χ2v) is 6.87. The molecule has 23 heavy (non-hydrogen) atoms. The van der Waals surface area contributed by atoms with E-state index in [1.807, 2.05) is 4.57 Å². The summed E-state index contributed by atoms with van der Waals surface area (Å²) in [5.74, 6) is -0.287. The standard InChI is InChI=1S/C18H18FN3S/c1-12-3-4-17-13(7-12)14-8-21(2)6-5-18(14)22(17)9-15(19)16-10-23-11-20-16/h3-4,7,9-11H,5-6,8H2,1-2H3. The van der Waals surface area contributed by atoms with Gasteiger partial charge >= 0.3 is 0 Å². The third-order valence-electron chi connectivity index (χ3n) is 4.45. The summed E-state index contributed by atoms with van der Waals surface area (Å²) in [6.45, 7) is 4.00. The first-order chi connectivity index (χ1) is 11.1. The molecule has 4 rings (SSSR count). The van der Waals surface area contributed by atoms with Crippen LogP contribution in [0.25, 0.3) is 22.9 Å². The van der Waals surface area contributed by atoms with E-state index in [2.05, 4.69) is 42.1 Å². The Bertz CT molecular complexity index is 893. The Labute approximate surface area is 138 Å². The van der Waals surface area contributed by atoms with Crippen LogP contribution in [0.15, 0.2) is 29.1 Å². The van der Waals surface area contributed by atoms with Gasteiger partial charge in [-0.05, 0) is 31.7 Å². The van der Waals surface area contributed by atoms with Crippen molar-refractivity contribution in [3.8, 4) is 0 Å². The van der Waals surface area contributed by atoms with Crippen LogP contribution in [0.5, 0.6) is 0 Å². The second kappa shape index (κ2) is 5.58. The molecule has 3 aromatic rings. The molecule has 1 aliphatic heterocycles. The number of aromatic nitrogens is 2. The van der Waals surface area contributed by atoms with Crippen LogP contribution in [0, 0.1) is 6.92 Å². The van der Waals surface area contributed by atoms with Crippen LogP contribution >= 0.6 is 11.3 Å². The van der Waals surface area contributed by atoms with Crippen molar-refractivity contribution in [2.24, 2.45) is 0 Å². The molecular weight excluding hydrogens is 309 g/mol. The van der Waals surface area contributed by atoms with Gasteiger partial charge in [-0.2, -0.15) is 0 Å². The highest BCUT2D eigenvalue weighted by Gasteiger charge is 2.22. The number of likely N-dealkylation sites (N-methyl/N-ethyl adjacent to an activating group) is 1. The highest BCUT2D eigenvalue weighted by atomic mass is 32.1. The van der Waals surface area contributed by atoms with Gasteiger partial charge in [0.25, 0.3) is 0 Å². The van der Waals surface area contributed by atoms with Gasteiger partial charge in [-0.25, -0.2) is 9.37 Å². The van der Waals surface area contributed by atoms with E-state index in [0.29, 0.717) is 5.69 Å². The van der Waals surface area contributed by atoms with Gasteiger partial charge in [0.2, 0.25) is 0 Å². The molecule has 1 aliphatic rings. The number of hydrogen-bond acceptors (Lipinski definition) is 3. The number of rotatable bonds is 2. The largest absolute Gasteiger partial charge is 0.317 e. The van der Waals surface area contributed by atoms with Crippen LogP contribution in [0.4, 0.5) is 4.39 Å². The number of aryl methyl sites for hydroxylation is 1. The summed E-state index contributed by atoms with van der Waals surface area (Å²) in [4.78, 5) is 6.38. The molecule has 0 bridgehead atoms. The molecule has 0 fully saturated rings. The predicted molar refractivity (Wildman–Crippen MR) is 94.1 cm³/mol. The molecular formula is C18H18FN3S. The second-order valence-electron chi connectivity index (χ2n) is 6.15. The molecule has 0 unspecified atom stereocenters. The van der Waals surface area contributed by atoms with Gasteiger partial charge < -0.3 is 9.47 Å². The first kappa shape index (κ1) is 14.6. The molecule has 3 nitrogen and oxygen atoms in total. The maximum absolute atomic E-state index is 14.6. The fourth-order valence-electron chi connectivity index (χ4n) is 3.30. The molecule has 2 aromatic heterocycles. The van der Waals surface area contributed by atoms with Gasteiger partial charge in [0.1, 0.15) is 5.69 Å². The molecule has 0 amide bonds. The minimum absolute atomic E-state index is 0.287. The normalized spacial score (nSPS) is 16.0. The third-order valence-corrected chi connectivity index (χ3v) is 5.04. The van der Waals surface area contributed by atoms with E-state index in [1.165, 1.54) is 33.5 Å². The van der Waals surface area contributed by atoms with Crippen LogP contribution in [0.3, 0.4) is 0 Å². The average Bonchev–Trinajstić information content (AvgIpc) is 3.15. The summed E-state index contributed by atoms with van der Waals surface area (Å²) in [7, 11) is 2.13. The van der Waals surface area contributed by atoms with Crippen LogP contribution < -0.4 is 0 Å². The first-order valence-electron chi connectivity index (χ1n) is 7.70. The van der Waals surface area contributed by atoms with Crippen molar-refractivity contribution in [3.05, 3.63) is 51.6 Å². The van der Waals surface area contributed by atoms with Crippen LogP contribution in [-0.4, -0.2) is 28.0 Å². The van der Waals surface area contributed by atoms with Gasteiger partial charge in [-0.1, -0.05) is 11.6 Å². The van der Waals surface area contributed by atoms with Crippen molar-refractivity contribution < 1.29 is 4.39 Å². The van der Waals surface area contributed by atoms with E-state index < -0.39 is 0 Å². The molecule has 0 aliphatic carbocycles. The highest BCUT2D eigenvalue weighted by molar-refractivity contribution is 7.07. The minimum Gasteiger partial charge on any atom is -0.317 e. The van der Waals surface area contributed by atoms with E-state index in [0.717, 1.165) is 25.0 Å². The van der Waals surface area contributed by atoms with Crippen molar-refractivity contribution >= 4 is 34.3 Å². The summed E-state index contributed by atoms with van der Waals surface area (Å²) >= 11 is 1.41. The number of thiazole rings is 1. The zero-order valence-electron chi connectivity index (χ0n) is 13.2. The summed E-state index contributed by atoms with van der Waals surface area (Å²) in [5, 5.41) is 2.97. The summed E-state index contributed by atoms with van der Waals surface area (Å²) in [5.41, 5.74) is 6.90. The third kappa shape index (κ3) is 2.50. The van der Waals surface area contributed by atoms with Gasteiger partial charge in [-0.3, -0.25) is 0 Å². The quantitative estimate of drug-likeness (QED) is 0.699. The summed E-state index contributed by atoms with van der Waals surface area (Å²) in [6.07, 6.45) is 2.53. The Hall–Kier alpha value is -1.98. The Morgan fingerprint density at radius 2 is 2.26 bits per heavy atom. The van der Waals surface area contributed by atoms with Crippen LogP contribution in [0.1, 0.15) is 22.5 Å². The molecule has 1 aromatic carbocycles. The lowest BCUT2D eigenvalue weighted by molar-refractivity contribution is 0.312. The van der Waals surface area contributed by atoms with E-state index in [1.54, 1.807) is 17.1 Å². The van der Waals surface area contributed by atoms with Crippen LogP contribution in [0.2, 0.25) is 0 Å². The molecule has 118 valence electrons. The predicted octanol–water partition coefficient (Wildman–Crippen LogP) is 4.32. The molecule has 0 radical (unpaired) electrons. The highest BCUT2D eigenvalue weighted by Crippen LogP contribution is 2.32. The number of benzene rings is 1. The van der Waals surface area contributed by atoms with Gasteiger partial charge in [-0.15, -0.1) is 11.3 Å². The Morgan fingerprint density at radius 1 is 1.39 bits per heavy atom. The average molecular weight is 327 g/mol. The van der Waals surface area contributed by atoms with Crippen molar-refractivity contribution in [2.75, 3.05) is 13.6 Å². The zero-order chi connectivity index (χ0) is 16.0. The number of fused-ring (bicyclic) bond motifs is 3. The van der Waals surface area contributed by atoms with Crippen LogP contribution in [-0.2, 0) is 13.0 Å². The Balaban J connectivity index is 1.94. The maximum Gasteiger partial charge on any atom is 0.166 e. The Morgan fingerprint density at radius 3 is 3.04 bits per heavy atom. The number of hydrogen-bond donors (Lipinski definition) is 0. The Kier molecular flexibility index (Phi) is 3.54. The molecule has 0 spiro atoms. The smallest absolute Gasteiger partial charge is 0.166 e. The monoisotopic (exact) mass is 327 g/mol. The van der Waals surface area contributed by atoms with E-state index in [9.17, 15) is 4.39 Å². The summed E-state index contributed by atoms with van der Waals surface area (Å²) in [6, 6.07) is 6.38. The van der Waals surface area contributed by atoms with E-state index >= 15 is 0 Å². The molecule has 0 atom stereocenters. The number of halogens is 1. The molecule has 0 N–H and O–H groups in total. The lowest BCUT2D eigenvalue weighted by Crippen LogP contribution is -2.26. The fourth-order valence-corrected chi connectivity index (χ4v) is 3.84.